The molecule has 14 heavy (non-hydrogen) atoms. The zero-order valence-electron chi connectivity index (χ0n) is 7.89. The Morgan fingerprint density at radius 2 is 2.07 bits per heavy atom. The first-order chi connectivity index (χ1) is 6.84. The predicted octanol–water partition coefficient (Wildman–Crippen LogP) is 1.32. The molecule has 0 aliphatic rings. The Labute approximate surface area is 83.1 Å². The molecule has 0 fully saturated rings. The molecule has 0 bridgehead atoms. The zero-order valence-corrected chi connectivity index (χ0v) is 7.89. The molecule has 0 heterocycles. The van der Waals surface area contributed by atoms with E-state index in [1.165, 1.54) is 0 Å². The van der Waals surface area contributed by atoms with Crippen molar-refractivity contribution < 1.29 is 9.90 Å². The van der Waals surface area contributed by atoms with Crippen LogP contribution >= 0.6 is 0 Å². The molecule has 0 aromatic heterocycles. The maximum absolute atomic E-state index is 11.5. The van der Waals surface area contributed by atoms with Gasteiger partial charge in [-0.2, -0.15) is 0 Å². The molecule has 1 rings (SSSR count). The highest BCUT2D eigenvalue weighted by Gasteiger charge is 2.01. The largest absolute Gasteiger partial charge is 0.394 e. The van der Waals surface area contributed by atoms with E-state index in [1.54, 1.807) is 18.3 Å². The van der Waals surface area contributed by atoms with Gasteiger partial charge in [-0.1, -0.05) is 30.3 Å². The molecule has 0 aliphatic heterocycles. The Bertz CT molecular complexity index is 306. The Morgan fingerprint density at radius 3 is 2.71 bits per heavy atom. The van der Waals surface area contributed by atoms with E-state index in [0.29, 0.717) is 18.5 Å². The van der Waals surface area contributed by atoms with Gasteiger partial charge in [0.15, 0.2) is 5.78 Å². The van der Waals surface area contributed by atoms with E-state index in [-0.39, 0.29) is 12.4 Å². The highest BCUT2D eigenvalue weighted by Crippen LogP contribution is 2.01. The molecule has 0 saturated carbocycles. The molecule has 0 saturated heterocycles. The molecule has 1 aromatic carbocycles. The van der Waals surface area contributed by atoms with E-state index >= 15 is 0 Å². The Kier molecular flexibility index (Phi) is 4.58. The van der Waals surface area contributed by atoms with Gasteiger partial charge >= 0.3 is 0 Å². The summed E-state index contributed by atoms with van der Waals surface area (Å²) in [5.41, 5.74) is 0.697. The molecule has 1 N–H and O–H groups in total. The van der Waals surface area contributed by atoms with Gasteiger partial charge < -0.3 is 5.11 Å². The van der Waals surface area contributed by atoms with E-state index < -0.39 is 0 Å². The number of aliphatic hydroxyl groups is 1. The van der Waals surface area contributed by atoms with Crippen LogP contribution in [0.15, 0.2) is 35.3 Å². The Balaban J connectivity index is 2.44. The Morgan fingerprint density at radius 1 is 1.36 bits per heavy atom. The number of hydrogen-bond donors (Lipinski definition) is 1. The summed E-state index contributed by atoms with van der Waals surface area (Å²) < 4.78 is 0. The van der Waals surface area contributed by atoms with Crippen LogP contribution in [0.5, 0.6) is 0 Å². The van der Waals surface area contributed by atoms with Gasteiger partial charge in [-0.3, -0.25) is 9.79 Å². The SMILES string of the molecule is O=C(CC=NCCO)c1ccccc1. The molecule has 3 heteroatoms. The molecule has 1 aromatic rings. The van der Waals surface area contributed by atoms with Crippen molar-refractivity contribution in [1.29, 1.82) is 0 Å². The first-order valence-electron chi connectivity index (χ1n) is 4.52. The molecular weight excluding hydrogens is 178 g/mol. The number of aliphatic hydroxyl groups excluding tert-OH is 1. The molecule has 0 unspecified atom stereocenters. The lowest BCUT2D eigenvalue weighted by Gasteiger charge is -1.95. The first kappa shape index (κ1) is 10.6. The third kappa shape index (κ3) is 3.49. The molecule has 0 spiro atoms. The van der Waals surface area contributed by atoms with Crippen LogP contribution in [0, 0.1) is 0 Å². The number of carbonyl (C=O) groups is 1. The normalized spacial score (nSPS) is 10.6. The second-order valence-corrected chi connectivity index (χ2v) is 2.81. The summed E-state index contributed by atoms with van der Waals surface area (Å²) in [6, 6.07) is 9.09. The monoisotopic (exact) mass is 191 g/mol. The summed E-state index contributed by atoms with van der Waals surface area (Å²) in [4.78, 5) is 15.3. The molecule has 74 valence electrons. The number of rotatable bonds is 5. The molecule has 0 atom stereocenters. The van der Waals surface area contributed by atoms with Crippen LogP contribution in [-0.4, -0.2) is 30.3 Å². The lowest BCUT2D eigenvalue weighted by Crippen LogP contribution is -1.99. The number of carbonyl (C=O) groups excluding carboxylic acids is 1. The molecule has 0 amide bonds. The molecule has 0 radical (unpaired) electrons. The fourth-order valence-electron chi connectivity index (χ4n) is 1.04. The maximum Gasteiger partial charge on any atom is 0.168 e. The third-order valence-electron chi connectivity index (χ3n) is 1.73. The molecular formula is C11H13NO2. The van der Waals surface area contributed by atoms with Crippen LogP contribution in [0.3, 0.4) is 0 Å². The van der Waals surface area contributed by atoms with Gasteiger partial charge in [-0.15, -0.1) is 0 Å². The van der Waals surface area contributed by atoms with Crippen molar-refractivity contribution in [2.24, 2.45) is 4.99 Å². The summed E-state index contributed by atoms with van der Waals surface area (Å²) in [5.74, 6) is 0.0484. The van der Waals surface area contributed by atoms with Crippen molar-refractivity contribution in [3.63, 3.8) is 0 Å². The minimum absolute atomic E-state index is 0.0238. The van der Waals surface area contributed by atoms with Gasteiger partial charge in [0.25, 0.3) is 0 Å². The second-order valence-electron chi connectivity index (χ2n) is 2.81. The predicted molar refractivity (Wildman–Crippen MR) is 55.8 cm³/mol. The average molecular weight is 191 g/mol. The van der Waals surface area contributed by atoms with Crippen molar-refractivity contribution in [1.82, 2.24) is 0 Å². The van der Waals surface area contributed by atoms with Crippen molar-refractivity contribution in [2.75, 3.05) is 13.2 Å². The number of ketones is 1. The standard InChI is InChI=1S/C11H13NO2/c13-9-8-12-7-6-11(14)10-4-2-1-3-5-10/h1-5,7,13H,6,8-9H2. The fourth-order valence-corrected chi connectivity index (χ4v) is 1.04. The van der Waals surface area contributed by atoms with Crippen molar-refractivity contribution >= 4 is 12.0 Å². The van der Waals surface area contributed by atoms with Crippen molar-refractivity contribution in [3.8, 4) is 0 Å². The summed E-state index contributed by atoms with van der Waals surface area (Å²) in [6.07, 6.45) is 1.84. The van der Waals surface area contributed by atoms with Gasteiger partial charge in [0.2, 0.25) is 0 Å². The lowest BCUT2D eigenvalue weighted by atomic mass is 10.1. The average Bonchev–Trinajstić information content (AvgIpc) is 2.25. The van der Waals surface area contributed by atoms with Gasteiger partial charge in [0, 0.05) is 18.2 Å². The summed E-state index contributed by atoms with van der Waals surface area (Å²) in [7, 11) is 0. The van der Waals surface area contributed by atoms with Crippen LogP contribution in [0.25, 0.3) is 0 Å². The van der Waals surface area contributed by atoms with Gasteiger partial charge in [0.05, 0.1) is 13.2 Å². The topological polar surface area (TPSA) is 49.7 Å². The van der Waals surface area contributed by atoms with Crippen molar-refractivity contribution in [3.05, 3.63) is 35.9 Å². The smallest absolute Gasteiger partial charge is 0.168 e. The maximum atomic E-state index is 11.5. The van der Waals surface area contributed by atoms with E-state index in [2.05, 4.69) is 4.99 Å². The first-order valence-corrected chi connectivity index (χ1v) is 4.52. The number of benzene rings is 1. The van der Waals surface area contributed by atoms with Gasteiger partial charge in [-0.25, -0.2) is 0 Å². The van der Waals surface area contributed by atoms with E-state index in [9.17, 15) is 4.79 Å². The van der Waals surface area contributed by atoms with E-state index in [0.717, 1.165) is 0 Å². The molecule has 0 aliphatic carbocycles. The highest BCUT2D eigenvalue weighted by atomic mass is 16.3. The minimum atomic E-state index is 0.0238. The van der Waals surface area contributed by atoms with Gasteiger partial charge in [0.1, 0.15) is 0 Å². The number of Topliss-reactive ketones (excluding diaryl/α,β-unsaturated/α-hetero) is 1. The summed E-state index contributed by atoms with van der Waals surface area (Å²) in [5, 5.41) is 8.45. The van der Waals surface area contributed by atoms with Crippen LogP contribution < -0.4 is 0 Å². The van der Waals surface area contributed by atoms with Crippen LogP contribution in [0.2, 0.25) is 0 Å². The lowest BCUT2D eigenvalue weighted by molar-refractivity contribution is 0.100. The van der Waals surface area contributed by atoms with Crippen molar-refractivity contribution in [2.45, 2.75) is 6.42 Å². The molecule has 3 nitrogen and oxygen atoms in total. The number of aliphatic imine (C=N–C) groups is 1. The summed E-state index contributed by atoms with van der Waals surface area (Å²) >= 11 is 0. The van der Waals surface area contributed by atoms with E-state index in [1.807, 2.05) is 18.2 Å². The fraction of sp³-hybridized carbons (Fsp3) is 0.273. The van der Waals surface area contributed by atoms with Gasteiger partial charge in [-0.05, 0) is 0 Å². The van der Waals surface area contributed by atoms with E-state index in [4.69, 9.17) is 5.11 Å². The number of hydrogen-bond acceptors (Lipinski definition) is 3. The number of nitrogens with zero attached hydrogens (tertiary/aromatic N) is 1. The van der Waals surface area contributed by atoms with Crippen LogP contribution in [0.4, 0.5) is 0 Å². The third-order valence-corrected chi connectivity index (χ3v) is 1.73. The minimum Gasteiger partial charge on any atom is -0.394 e. The van der Waals surface area contributed by atoms with Crippen LogP contribution in [-0.2, 0) is 0 Å². The zero-order chi connectivity index (χ0) is 10.2. The quantitative estimate of drug-likeness (QED) is 0.563. The second kappa shape index (κ2) is 6.05. The Hall–Kier alpha value is -1.48. The van der Waals surface area contributed by atoms with Crippen LogP contribution in [0.1, 0.15) is 16.8 Å². The highest BCUT2D eigenvalue weighted by molar-refractivity contribution is 6.03. The summed E-state index contributed by atoms with van der Waals surface area (Å²) in [6.45, 7) is 0.387.